The summed E-state index contributed by atoms with van der Waals surface area (Å²) in [6.45, 7) is 8.04. The minimum Gasteiger partial charge on any atom is -0.452 e. The molecular formula is C6H14Cl4OSi2. The van der Waals surface area contributed by atoms with E-state index in [2.05, 4.69) is 19.6 Å². The van der Waals surface area contributed by atoms with Gasteiger partial charge in [0.2, 0.25) is 8.32 Å². The van der Waals surface area contributed by atoms with Crippen LogP contribution in [0.5, 0.6) is 0 Å². The van der Waals surface area contributed by atoms with Crippen molar-refractivity contribution in [3.05, 3.63) is 0 Å². The molecule has 80 valence electrons. The summed E-state index contributed by atoms with van der Waals surface area (Å²) >= 11 is 23.4. The zero-order valence-electron chi connectivity index (χ0n) is 8.07. The molecule has 1 nitrogen and oxygen atoms in total. The van der Waals surface area contributed by atoms with Crippen molar-refractivity contribution in [1.29, 1.82) is 0 Å². The van der Waals surface area contributed by atoms with Crippen molar-refractivity contribution in [2.45, 2.75) is 35.1 Å². The molecule has 13 heavy (non-hydrogen) atoms. The molecule has 0 rings (SSSR count). The molecule has 0 saturated carbocycles. The third-order valence-corrected chi connectivity index (χ3v) is 12.5. The summed E-state index contributed by atoms with van der Waals surface area (Å²) in [5.41, 5.74) is 0. The fourth-order valence-electron chi connectivity index (χ4n) is 0.844. The summed E-state index contributed by atoms with van der Waals surface area (Å²) in [7, 11) is -4.11. The summed E-state index contributed by atoms with van der Waals surface area (Å²) in [5.74, 6) is 0. The second-order valence-corrected chi connectivity index (χ2v) is 16.2. The van der Waals surface area contributed by atoms with Gasteiger partial charge in [0, 0.05) is 0 Å². The van der Waals surface area contributed by atoms with Crippen LogP contribution >= 0.6 is 46.4 Å². The molecule has 0 aromatic heterocycles. The van der Waals surface area contributed by atoms with Crippen molar-refractivity contribution in [3.63, 3.8) is 0 Å². The minimum atomic E-state index is -2.42. The number of hydrogen-bond acceptors (Lipinski definition) is 1. The highest BCUT2D eigenvalue weighted by Crippen LogP contribution is 2.31. The van der Waals surface area contributed by atoms with Crippen LogP contribution in [0.4, 0.5) is 0 Å². The van der Waals surface area contributed by atoms with E-state index in [-0.39, 0.29) is 0 Å². The fourth-order valence-corrected chi connectivity index (χ4v) is 10.9. The molecule has 0 saturated heterocycles. The van der Waals surface area contributed by atoms with Crippen LogP contribution in [0.2, 0.25) is 26.2 Å². The molecule has 0 heterocycles. The number of halogens is 4. The highest BCUT2D eigenvalue weighted by Gasteiger charge is 2.46. The Labute approximate surface area is 102 Å². The van der Waals surface area contributed by atoms with E-state index in [0.717, 1.165) is 0 Å². The summed E-state index contributed by atoms with van der Waals surface area (Å²) in [4.78, 5) is 0. The third-order valence-electron chi connectivity index (χ3n) is 1.39. The van der Waals surface area contributed by atoms with E-state index >= 15 is 0 Å². The number of rotatable bonds is 4. The van der Waals surface area contributed by atoms with Gasteiger partial charge >= 0.3 is 0 Å². The lowest BCUT2D eigenvalue weighted by Crippen LogP contribution is -2.55. The summed E-state index contributed by atoms with van der Waals surface area (Å²) in [6.07, 6.45) is 0. The third kappa shape index (κ3) is 4.73. The van der Waals surface area contributed by atoms with Crippen molar-refractivity contribution in [2.24, 2.45) is 0 Å². The molecule has 0 N–H and O–H groups in total. The molecule has 0 bridgehead atoms. The first-order valence-electron chi connectivity index (χ1n) is 3.86. The molecule has 0 aliphatic heterocycles. The Hall–Kier alpha value is 1.55. The molecule has 0 fully saturated rings. The number of alkyl halides is 4. The van der Waals surface area contributed by atoms with Gasteiger partial charge in [-0.3, -0.25) is 0 Å². The van der Waals surface area contributed by atoms with Crippen molar-refractivity contribution in [2.75, 3.05) is 0 Å². The van der Waals surface area contributed by atoms with Gasteiger partial charge in [0.25, 0.3) is 0 Å². The summed E-state index contributed by atoms with van der Waals surface area (Å²) < 4.78 is 4.70. The fraction of sp³-hybridized carbons (Fsp3) is 1.00. The van der Waals surface area contributed by atoms with Crippen molar-refractivity contribution in [3.8, 4) is 0 Å². The molecule has 0 aromatic rings. The van der Waals surface area contributed by atoms with Crippen molar-refractivity contribution in [1.82, 2.24) is 0 Å². The average molecular weight is 300 g/mol. The van der Waals surface area contributed by atoms with Gasteiger partial charge in [0.1, 0.15) is 8.92 Å². The Kier molecular flexibility index (Phi) is 5.66. The smallest absolute Gasteiger partial charge is 0.244 e. The SMILES string of the molecule is C[Si](C)(C)O[Si](C)(C(Cl)Cl)C(Cl)Cl. The predicted molar refractivity (Wildman–Crippen MR) is 67.0 cm³/mol. The molecule has 0 aromatic carbocycles. The van der Waals surface area contributed by atoms with E-state index in [1.807, 2.05) is 6.55 Å². The highest BCUT2D eigenvalue weighted by atomic mass is 35.5. The zero-order chi connectivity index (χ0) is 10.9. The van der Waals surface area contributed by atoms with E-state index in [0.29, 0.717) is 0 Å². The van der Waals surface area contributed by atoms with Gasteiger partial charge in [-0.15, -0.1) is 46.4 Å². The molecule has 0 spiro atoms. The van der Waals surface area contributed by atoms with Gasteiger partial charge in [-0.25, -0.2) is 0 Å². The van der Waals surface area contributed by atoms with Crippen molar-refractivity contribution >= 4 is 63.0 Å². The van der Waals surface area contributed by atoms with E-state index in [1.165, 1.54) is 0 Å². The largest absolute Gasteiger partial charge is 0.452 e. The lowest BCUT2D eigenvalue weighted by Gasteiger charge is -2.36. The maximum Gasteiger partial charge on any atom is 0.244 e. The highest BCUT2D eigenvalue weighted by molar-refractivity contribution is 7.02. The van der Waals surface area contributed by atoms with Gasteiger partial charge in [0.05, 0.1) is 0 Å². The van der Waals surface area contributed by atoms with Gasteiger partial charge in [-0.05, 0) is 26.2 Å². The first kappa shape index (κ1) is 14.6. The zero-order valence-corrected chi connectivity index (χ0v) is 13.1. The predicted octanol–water partition coefficient (Wildman–Crippen LogP) is 4.10. The second-order valence-electron chi connectivity index (χ2n) is 4.00. The Balaban J connectivity index is 4.62. The molecular weight excluding hydrogens is 286 g/mol. The Morgan fingerprint density at radius 2 is 1.15 bits per heavy atom. The normalized spacial score (nSPS) is 14.3. The van der Waals surface area contributed by atoms with Gasteiger partial charge in [-0.2, -0.15) is 0 Å². The van der Waals surface area contributed by atoms with Crippen LogP contribution in [0.3, 0.4) is 0 Å². The molecule has 0 aliphatic carbocycles. The average Bonchev–Trinajstić information content (AvgIpc) is 1.82. The van der Waals surface area contributed by atoms with Gasteiger partial charge in [-0.1, -0.05) is 0 Å². The summed E-state index contributed by atoms with van der Waals surface area (Å²) in [6, 6.07) is 0. The van der Waals surface area contributed by atoms with E-state index < -0.39 is 25.6 Å². The molecule has 7 heteroatoms. The topological polar surface area (TPSA) is 9.23 Å². The Bertz CT molecular complexity index is 161. The maximum atomic E-state index is 5.90. The van der Waals surface area contributed by atoms with E-state index in [9.17, 15) is 0 Å². The number of hydrogen-bond donors (Lipinski definition) is 0. The minimum absolute atomic E-state index is 0.598. The van der Waals surface area contributed by atoms with Crippen LogP contribution in [0.25, 0.3) is 0 Å². The van der Waals surface area contributed by atoms with E-state index in [1.54, 1.807) is 0 Å². The maximum absolute atomic E-state index is 5.90. The van der Waals surface area contributed by atoms with Gasteiger partial charge in [0.15, 0.2) is 8.32 Å². The quantitative estimate of drug-likeness (QED) is 0.561. The molecule has 0 unspecified atom stereocenters. The van der Waals surface area contributed by atoms with Crippen LogP contribution in [0, 0.1) is 0 Å². The standard InChI is InChI=1S/C6H14Cl4OSi2/c1-12(2,3)11-13(4,5(7)8)6(9)10/h5-6H,1-4H3. The van der Waals surface area contributed by atoms with Crippen LogP contribution in [-0.2, 0) is 4.12 Å². The monoisotopic (exact) mass is 298 g/mol. The molecule has 0 amide bonds. The Morgan fingerprint density at radius 3 is 1.23 bits per heavy atom. The van der Waals surface area contributed by atoms with Crippen LogP contribution in [0.15, 0.2) is 0 Å². The lowest BCUT2D eigenvalue weighted by atomic mass is 11.8. The van der Waals surface area contributed by atoms with Crippen molar-refractivity contribution < 1.29 is 4.12 Å². The molecule has 0 atom stereocenters. The van der Waals surface area contributed by atoms with E-state index in [4.69, 9.17) is 50.5 Å². The first-order valence-corrected chi connectivity index (χ1v) is 11.6. The Morgan fingerprint density at radius 1 is 0.846 bits per heavy atom. The molecule has 0 radical (unpaired) electrons. The summed E-state index contributed by atoms with van der Waals surface area (Å²) in [5, 5.41) is 0. The van der Waals surface area contributed by atoms with Gasteiger partial charge < -0.3 is 4.12 Å². The van der Waals surface area contributed by atoms with Crippen LogP contribution in [0.1, 0.15) is 0 Å². The van der Waals surface area contributed by atoms with Crippen LogP contribution < -0.4 is 0 Å². The first-order chi connectivity index (χ1) is 5.59. The molecule has 0 aliphatic rings. The lowest BCUT2D eigenvalue weighted by molar-refractivity contribution is 0.549. The second kappa shape index (κ2) is 5.06. The van der Waals surface area contributed by atoms with Crippen LogP contribution in [-0.4, -0.2) is 25.6 Å².